The average molecular weight is 299 g/mol. The van der Waals surface area contributed by atoms with E-state index in [1.807, 2.05) is 6.07 Å². The van der Waals surface area contributed by atoms with Crippen molar-refractivity contribution in [2.75, 3.05) is 12.1 Å². The summed E-state index contributed by atoms with van der Waals surface area (Å²) in [5.41, 5.74) is 1.75. The lowest BCUT2D eigenvalue weighted by Gasteiger charge is -2.04. The lowest BCUT2D eigenvalue weighted by atomic mass is 10.2. The molecule has 1 aliphatic heterocycles. The lowest BCUT2D eigenvalue weighted by Crippen LogP contribution is -2.09. The van der Waals surface area contributed by atoms with E-state index in [1.54, 1.807) is 31.2 Å². The van der Waals surface area contributed by atoms with E-state index in [0.29, 0.717) is 11.5 Å². The zero-order chi connectivity index (χ0) is 15.5. The van der Waals surface area contributed by atoms with Crippen LogP contribution in [0.1, 0.15) is 11.1 Å². The standard InChI is InChI=1S/C17H14FNO3/c1-11-2-5-14(13(18)8-11)19-17(20)7-4-12-3-6-15-16(9-12)22-10-21-15/h2-9H,10H2,1H3,(H,19,20). The zero-order valence-electron chi connectivity index (χ0n) is 11.9. The van der Waals surface area contributed by atoms with Crippen molar-refractivity contribution >= 4 is 17.7 Å². The van der Waals surface area contributed by atoms with E-state index in [1.165, 1.54) is 18.2 Å². The largest absolute Gasteiger partial charge is 0.454 e. The van der Waals surface area contributed by atoms with Crippen LogP contribution in [-0.4, -0.2) is 12.7 Å². The fraction of sp³-hybridized carbons (Fsp3) is 0.118. The second-order valence-corrected chi connectivity index (χ2v) is 4.92. The van der Waals surface area contributed by atoms with Gasteiger partial charge in [0.1, 0.15) is 5.82 Å². The number of ether oxygens (including phenoxy) is 2. The molecule has 1 aliphatic rings. The van der Waals surface area contributed by atoms with E-state index >= 15 is 0 Å². The molecule has 0 saturated heterocycles. The van der Waals surface area contributed by atoms with Gasteiger partial charge < -0.3 is 14.8 Å². The molecule has 22 heavy (non-hydrogen) atoms. The Morgan fingerprint density at radius 2 is 2.00 bits per heavy atom. The predicted molar refractivity (Wildman–Crippen MR) is 81.4 cm³/mol. The van der Waals surface area contributed by atoms with Gasteiger partial charge in [0.25, 0.3) is 0 Å². The zero-order valence-corrected chi connectivity index (χ0v) is 11.9. The molecule has 2 aromatic rings. The highest BCUT2D eigenvalue weighted by Gasteiger charge is 2.12. The van der Waals surface area contributed by atoms with E-state index in [4.69, 9.17) is 9.47 Å². The molecule has 0 aromatic heterocycles. The molecular formula is C17H14FNO3. The third-order valence-electron chi connectivity index (χ3n) is 3.21. The summed E-state index contributed by atoms with van der Waals surface area (Å²) < 4.78 is 24.1. The number of hydrogen-bond donors (Lipinski definition) is 1. The van der Waals surface area contributed by atoms with Crippen molar-refractivity contribution in [3.8, 4) is 11.5 Å². The number of carbonyl (C=O) groups is 1. The van der Waals surface area contributed by atoms with Gasteiger partial charge in [-0.25, -0.2) is 4.39 Å². The Bertz CT molecular complexity index is 756. The average Bonchev–Trinajstić information content (AvgIpc) is 2.95. The van der Waals surface area contributed by atoms with Gasteiger partial charge in [0.2, 0.25) is 12.7 Å². The van der Waals surface area contributed by atoms with Crippen molar-refractivity contribution in [3.05, 3.63) is 59.4 Å². The van der Waals surface area contributed by atoms with Crippen LogP contribution < -0.4 is 14.8 Å². The molecule has 0 atom stereocenters. The smallest absolute Gasteiger partial charge is 0.248 e. The Balaban J connectivity index is 1.68. The molecule has 0 saturated carbocycles. The van der Waals surface area contributed by atoms with Crippen molar-refractivity contribution in [1.29, 1.82) is 0 Å². The maximum atomic E-state index is 13.7. The number of hydrogen-bond acceptors (Lipinski definition) is 3. The Morgan fingerprint density at radius 1 is 1.18 bits per heavy atom. The van der Waals surface area contributed by atoms with E-state index in [0.717, 1.165) is 11.1 Å². The van der Waals surface area contributed by atoms with Crippen molar-refractivity contribution < 1.29 is 18.7 Å². The number of fused-ring (bicyclic) bond motifs is 1. The molecule has 0 fully saturated rings. The Labute approximate surface area is 127 Å². The lowest BCUT2D eigenvalue weighted by molar-refractivity contribution is -0.111. The van der Waals surface area contributed by atoms with Gasteiger partial charge in [-0.2, -0.15) is 0 Å². The van der Waals surface area contributed by atoms with Crippen molar-refractivity contribution in [3.63, 3.8) is 0 Å². The predicted octanol–water partition coefficient (Wildman–Crippen LogP) is 3.51. The van der Waals surface area contributed by atoms with Crippen molar-refractivity contribution in [1.82, 2.24) is 0 Å². The number of halogens is 1. The second-order valence-electron chi connectivity index (χ2n) is 4.92. The summed E-state index contributed by atoms with van der Waals surface area (Å²) in [6.45, 7) is 1.99. The van der Waals surface area contributed by atoms with Crippen LogP contribution in [0.15, 0.2) is 42.5 Å². The first kappa shape index (κ1) is 14.1. The van der Waals surface area contributed by atoms with E-state index in [2.05, 4.69) is 5.32 Å². The highest BCUT2D eigenvalue weighted by molar-refractivity contribution is 6.02. The van der Waals surface area contributed by atoms with Gasteiger partial charge in [-0.15, -0.1) is 0 Å². The summed E-state index contributed by atoms with van der Waals surface area (Å²) in [7, 11) is 0. The van der Waals surface area contributed by atoms with Gasteiger partial charge in [0.15, 0.2) is 11.5 Å². The maximum absolute atomic E-state index is 13.7. The first-order valence-corrected chi connectivity index (χ1v) is 6.77. The van der Waals surface area contributed by atoms with Crippen LogP contribution in [0.3, 0.4) is 0 Å². The number of nitrogens with one attached hydrogen (secondary N) is 1. The second kappa shape index (κ2) is 5.89. The summed E-state index contributed by atoms with van der Waals surface area (Å²) in [5.74, 6) is 0.473. The van der Waals surface area contributed by atoms with Crippen molar-refractivity contribution in [2.24, 2.45) is 0 Å². The monoisotopic (exact) mass is 299 g/mol. The molecule has 112 valence electrons. The number of carbonyl (C=O) groups excluding carboxylic acids is 1. The Morgan fingerprint density at radius 3 is 2.82 bits per heavy atom. The molecule has 0 aliphatic carbocycles. The normalized spacial score (nSPS) is 12.6. The Kier molecular flexibility index (Phi) is 3.78. The minimum atomic E-state index is -0.454. The molecule has 0 bridgehead atoms. The first-order valence-electron chi connectivity index (χ1n) is 6.77. The molecule has 1 amide bonds. The van der Waals surface area contributed by atoms with E-state index in [9.17, 15) is 9.18 Å². The van der Waals surface area contributed by atoms with Gasteiger partial charge in [0, 0.05) is 6.08 Å². The van der Waals surface area contributed by atoms with Crippen molar-refractivity contribution in [2.45, 2.75) is 6.92 Å². The van der Waals surface area contributed by atoms with Gasteiger partial charge in [-0.3, -0.25) is 4.79 Å². The number of aryl methyl sites for hydroxylation is 1. The summed E-state index contributed by atoms with van der Waals surface area (Å²) in [5, 5.41) is 2.50. The highest BCUT2D eigenvalue weighted by Crippen LogP contribution is 2.32. The third-order valence-corrected chi connectivity index (χ3v) is 3.21. The third kappa shape index (κ3) is 3.09. The summed E-state index contributed by atoms with van der Waals surface area (Å²) in [6, 6.07) is 10.0. The molecule has 1 N–H and O–H groups in total. The molecule has 2 aromatic carbocycles. The van der Waals surface area contributed by atoms with Crippen LogP contribution in [-0.2, 0) is 4.79 Å². The quantitative estimate of drug-likeness (QED) is 0.882. The van der Waals surface area contributed by atoms with Gasteiger partial charge in [-0.05, 0) is 48.4 Å². The van der Waals surface area contributed by atoms with Gasteiger partial charge >= 0.3 is 0 Å². The van der Waals surface area contributed by atoms with E-state index < -0.39 is 11.7 Å². The topological polar surface area (TPSA) is 47.6 Å². The number of anilines is 1. The first-order chi connectivity index (χ1) is 10.6. The summed E-state index contributed by atoms with van der Waals surface area (Å²) in [4.78, 5) is 11.8. The van der Waals surface area contributed by atoms with Crippen LogP contribution in [0, 0.1) is 12.7 Å². The fourth-order valence-electron chi connectivity index (χ4n) is 2.08. The molecule has 3 rings (SSSR count). The molecule has 0 unspecified atom stereocenters. The van der Waals surface area contributed by atoms with Gasteiger partial charge in [-0.1, -0.05) is 12.1 Å². The van der Waals surface area contributed by atoms with Crippen LogP contribution in [0.4, 0.5) is 10.1 Å². The van der Waals surface area contributed by atoms with Gasteiger partial charge in [0.05, 0.1) is 5.69 Å². The highest BCUT2D eigenvalue weighted by atomic mass is 19.1. The van der Waals surface area contributed by atoms with Crippen LogP contribution >= 0.6 is 0 Å². The molecule has 1 heterocycles. The van der Waals surface area contributed by atoms with Crippen LogP contribution in [0.2, 0.25) is 0 Å². The summed E-state index contributed by atoms with van der Waals surface area (Å²) >= 11 is 0. The minimum absolute atomic E-state index is 0.158. The molecule has 0 radical (unpaired) electrons. The number of benzene rings is 2. The van der Waals surface area contributed by atoms with Crippen LogP contribution in [0.5, 0.6) is 11.5 Å². The molecule has 5 heteroatoms. The van der Waals surface area contributed by atoms with E-state index in [-0.39, 0.29) is 12.5 Å². The molecule has 4 nitrogen and oxygen atoms in total. The number of rotatable bonds is 3. The molecular weight excluding hydrogens is 285 g/mol. The number of amides is 1. The fourth-order valence-corrected chi connectivity index (χ4v) is 2.08. The molecule has 0 spiro atoms. The van der Waals surface area contributed by atoms with Crippen LogP contribution in [0.25, 0.3) is 6.08 Å². The SMILES string of the molecule is Cc1ccc(NC(=O)C=Cc2ccc3c(c2)OCO3)c(F)c1. The Hall–Kier alpha value is -2.82. The maximum Gasteiger partial charge on any atom is 0.248 e. The minimum Gasteiger partial charge on any atom is -0.454 e. The summed E-state index contributed by atoms with van der Waals surface area (Å²) in [6.07, 6.45) is 2.97.